The minimum absolute atomic E-state index is 0.102. The van der Waals surface area contributed by atoms with Crippen molar-refractivity contribution < 1.29 is 18.7 Å². The van der Waals surface area contributed by atoms with E-state index in [-0.39, 0.29) is 29.4 Å². The first-order chi connectivity index (χ1) is 15.0. The van der Waals surface area contributed by atoms with Crippen LogP contribution < -0.4 is 10.1 Å². The first-order valence-electron chi connectivity index (χ1n) is 9.58. The Kier molecular flexibility index (Phi) is 6.43. The second-order valence-corrected chi connectivity index (χ2v) is 8.34. The third-order valence-electron chi connectivity index (χ3n) is 4.77. The van der Waals surface area contributed by atoms with Crippen LogP contribution in [0.2, 0.25) is 5.02 Å². The van der Waals surface area contributed by atoms with Crippen molar-refractivity contribution in [1.29, 1.82) is 0 Å². The van der Waals surface area contributed by atoms with Gasteiger partial charge in [-0.1, -0.05) is 22.9 Å². The van der Waals surface area contributed by atoms with Gasteiger partial charge in [0.05, 0.1) is 6.04 Å². The second kappa shape index (κ2) is 9.40. The lowest BCUT2D eigenvalue weighted by Crippen LogP contribution is -2.34. The molecule has 10 heteroatoms. The zero-order chi connectivity index (χ0) is 21.8. The number of hydrogen-bond acceptors (Lipinski definition) is 6. The minimum atomic E-state index is -0.433. The maximum atomic E-state index is 13.0. The number of nitrogens with zero attached hydrogens (tertiary/aromatic N) is 3. The molecule has 1 aromatic heterocycles. The Bertz CT molecular complexity index is 1070. The largest absolute Gasteiger partial charge is 0.484 e. The van der Waals surface area contributed by atoms with E-state index in [0.29, 0.717) is 28.0 Å². The lowest BCUT2D eigenvalue weighted by atomic mass is 10.2. The van der Waals surface area contributed by atoms with E-state index < -0.39 is 5.91 Å². The summed E-state index contributed by atoms with van der Waals surface area (Å²) >= 11 is 6.99. The highest BCUT2D eigenvalue weighted by molar-refractivity contribution is 7.13. The summed E-state index contributed by atoms with van der Waals surface area (Å²) in [4.78, 5) is 26.8. The highest BCUT2D eigenvalue weighted by Gasteiger charge is 2.33. The molecule has 2 amide bonds. The van der Waals surface area contributed by atoms with Gasteiger partial charge in [-0.3, -0.25) is 9.59 Å². The normalized spacial score (nSPS) is 15.7. The standard InChI is InChI=1S/C21H18ClFN4O3S/c22-13-3-9-16(10-4-13)30-12-18(28)27-11-1-2-17(27)20-25-26-21(31-20)19(29)24-15-7-5-14(23)6-8-15/h3-10,17H,1-2,11-12H2,(H,24,29)/t17-/m1/s1. The number of aromatic nitrogens is 2. The first-order valence-corrected chi connectivity index (χ1v) is 10.8. The molecule has 0 bridgehead atoms. The van der Waals surface area contributed by atoms with E-state index in [4.69, 9.17) is 16.3 Å². The number of rotatable bonds is 6. The molecule has 2 aromatic carbocycles. The van der Waals surface area contributed by atoms with Crippen LogP contribution in [-0.2, 0) is 4.79 Å². The Balaban J connectivity index is 1.38. The van der Waals surface area contributed by atoms with Crippen LogP contribution in [0.1, 0.15) is 33.7 Å². The predicted octanol–water partition coefficient (Wildman–Crippen LogP) is 4.33. The van der Waals surface area contributed by atoms with Gasteiger partial charge in [-0.05, 0) is 61.4 Å². The number of halogens is 2. The summed E-state index contributed by atoms with van der Waals surface area (Å²) < 4.78 is 18.6. The van der Waals surface area contributed by atoms with Crippen molar-refractivity contribution in [2.75, 3.05) is 18.5 Å². The number of ether oxygens (including phenoxy) is 1. The quantitative estimate of drug-likeness (QED) is 0.592. The molecule has 1 aliphatic heterocycles. The smallest absolute Gasteiger partial charge is 0.286 e. The van der Waals surface area contributed by atoms with Gasteiger partial charge in [-0.2, -0.15) is 0 Å². The molecule has 1 fully saturated rings. The van der Waals surface area contributed by atoms with Gasteiger partial charge < -0.3 is 15.0 Å². The average Bonchev–Trinajstić information content (AvgIpc) is 3.44. The van der Waals surface area contributed by atoms with Crippen LogP contribution in [0.3, 0.4) is 0 Å². The summed E-state index contributed by atoms with van der Waals surface area (Å²) in [5.41, 5.74) is 0.458. The van der Waals surface area contributed by atoms with E-state index in [2.05, 4.69) is 15.5 Å². The summed E-state index contributed by atoms with van der Waals surface area (Å²) in [7, 11) is 0. The van der Waals surface area contributed by atoms with Gasteiger partial charge in [0.2, 0.25) is 5.01 Å². The fourth-order valence-corrected chi connectivity index (χ4v) is 4.27. The Labute approximate surface area is 186 Å². The van der Waals surface area contributed by atoms with Crippen molar-refractivity contribution in [3.05, 3.63) is 69.4 Å². The maximum absolute atomic E-state index is 13.0. The Morgan fingerprint density at radius 3 is 2.65 bits per heavy atom. The SMILES string of the molecule is O=C(Nc1ccc(F)cc1)c1nnc([C@H]2CCCN2C(=O)COc2ccc(Cl)cc2)s1. The summed E-state index contributed by atoms with van der Waals surface area (Å²) in [5.74, 6) is -0.423. The molecule has 3 aromatic rings. The first kappa shape index (κ1) is 21.2. The lowest BCUT2D eigenvalue weighted by molar-refractivity contribution is -0.134. The third kappa shape index (κ3) is 5.18. The van der Waals surface area contributed by atoms with E-state index >= 15 is 0 Å². The van der Waals surface area contributed by atoms with E-state index in [1.54, 1.807) is 29.2 Å². The van der Waals surface area contributed by atoms with Crippen molar-refractivity contribution in [1.82, 2.24) is 15.1 Å². The van der Waals surface area contributed by atoms with E-state index in [9.17, 15) is 14.0 Å². The van der Waals surface area contributed by atoms with Gasteiger partial charge >= 0.3 is 0 Å². The zero-order valence-corrected chi connectivity index (χ0v) is 17.8. The van der Waals surface area contributed by atoms with Crippen molar-refractivity contribution in [2.24, 2.45) is 0 Å². The third-order valence-corrected chi connectivity index (χ3v) is 6.05. The fourth-order valence-electron chi connectivity index (χ4n) is 3.26. The maximum Gasteiger partial charge on any atom is 0.286 e. The van der Waals surface area contributed by atoms with Gasteiger partial charge in [-0.25, -0.2) is 4.39 Å². The lowest BCUT2D eigenvalue weighted by Gasteiger charge is -2.22. The van der Waals surface area contributed by atoms with Crippen LogP contribution in [0.4, 0.5) is 10.1 Å². The molecule has 1 atom stereocenters. The van der Waals surface area contributed by atoms with E-state index in [1.165, 1.54) is 24.3 Å². The molecule has 0 saturated carbocycles. The molecule has 2 heterocycles. The molecule has 1 aliphatic rings. The van der Waals surface area contributed by atoms with Gasteiger partial charge in [-0.15, -0.1) is 10.2 Å². The number of carbonyl (C=O) groups is 2. The summed E-state index contributed by atoms with van der Waals surface area (Å²) in [6.45, 7) is 0.485. The van der Waals surface area contributed by atoms with Gasteiger partial charge in [0, 0.05) is 17.3 Å². The van der Waals surface area contributed by atoms with Crippen LogP contribution >= 0.6 is 22.9 Å². The number of likely N-dealkylation sites (tertiary alicyclic amines) is 1. The van der Waals surface area contributed by atoms with Crippen molar-refractivity contribution >= 4 is 40.4 Å². The molecule has 0 aliphatic carbocycles. The molecule has 160 valence electrons. The van der Waals surface area contributed by atoms with Crippen molar-refractivity contribution in [3.63, 3.8) is 0 Å². The van der Waals surface area contributed by atoms with Crippen LogP contribution in [0.5, 0.6) is 5.75 Å². The number of hydrogen-bond donors (Lipinski definition) is 1. The summed E-state index contributed by atoms with van der Waals surface area (Å²) in [6.07, 6.45) is 1.56. The number of anilines is 1. The summed E-state index contributed by atoms with van der Waals surface area (Å²) in [5, 5.41) is 12.1. The van der Waals surface area contributed by atoms with E-state index in [0.717, 1.165) is 24.2 Å². The molecular formula is C21H18ClFN4O3S. The van der Waals surface area contributed by atoms with Gasteiger partial charge in [0.25, 0.3) is 11.8 Å². The average molecular weight is 461 g/mol. The second-order valence-electron chi connectivity index (χ2n) is 6.89. The van der Waals surface area contributed by atoms with Crippen LogP contribution in [0.15, 0.2) is 48.5 Å². The number of nitrogens with one attached hydrogen (secondary N) is 1. The summed E-state index contributed by atoms with van der Waals surface area (Å²) in [6, 6.07) is 12.0. The predicted molar refractivity (Wildman–Crippen MR) is 115 cm³/mol. The molecule has 1 saturated heterocycles. The molecule has 7 nitrogen and oxygen atoms in total. The monoisotopic (exact) mass is 460 g/mol. The minimum Gasteiger partial charge on any atom is -0.484 e. The van der Waals surface area contributed by atoms with Gasteiger partial charge in [0.15, 0.2) is 6.61 Å². The van der Waals surface area contributed by atoms with Gasteiger partial charge in [0.1, 0.15) is 16.6 Å². The molecule has 1 N–H and O–H groups in total. The zero-order valence-electron chi connectivity index (χ0n) is 16.3. The Morgan fingerprint density at radius 2 is 1.90 bits per heavy atom. The molecule has 0 spiro atoms. The fraction of sp³-hybridized carbons (Fsp3) is 0.238. The molecule has 4 rings (SSSR count). The van der Waals surface area contributed by atoms with E-state index in [1.807, 2.05) is 0 Å². The van der Waals surface area contributed by atoms with Crippen LogP contribution in [-0.4, -0.2) is 40.1 Å². The number of carbonyl (C=O) groups excluding carboxylic acids is 2. The highest BCUT2D eigenvalue weighted by atomic mass is 35.5. The topological polar surface area (TPSA) is 84.4 Å². The van der Waals surface area contributed by atoms with Crippen LogP contribution in [0.25, 0.3) is 0 Å². The van der Waals surface area contributed by atoms with Crippen molar-refractivity contribution in [3.8, 4) is 5.75 Å². The Morgan fingerprint density at radius 1 is 1.16 bits per heavy atom. The highest BCUT2D eigenvalue weighted by Crippen LogP contribution is 2.34. The number of benzene rings is 2. The molecule has 0 unspecified atom stereocenters. The molecular weight excluding hydrogens is 443 g/mol. The Hall–Kier alpha value is -3.04. The van der Waals surface area contributed by atoms with Crippen molar-refractivity contribution in [2.45, 2.75) is 18.9 Å². The van der Waals surface area contributed by atoms with Crippen LogP contribution in [0, 0.1) is 5.82 Å². The number of amides is 2. The molecule has 0 radical (unpaired) electrons. The molecule has 31 heavy (non-hydrogen) atoms.